The second kappa shape index (κ2) is 36.7. The molecule has 652 valence electrons. The number of pyridine rings is 3. The Hall–Kier alpha value is -11.1. The molecular formula is C86H88BBrF9N9O17. The van der Waals surface area contributed by atoms with Gasteiger partial charge in [0.2, 0.25) is 0 Å². The van der Waals surface area contributed by atoms with Crippen molar-refractivity contribution in [1.82, 2.24) is 44.1 Å². The Labute approximate surface area is 707 Å². The molecule has 37 heteroatoms. The summed E-state index contributed by atoms with van der Waals surface area (Å²) in [6, 6.07) is 17.0. The molecule has 0 spiro atoms. The molecular weight excluding hydrogens is 1690 g/mol. The first-order valence-electron chi connectivity index (χ1n) is 39.6. The van der Waals surface area contributed by atoms with Gasteiger partial charge < -0.3 is 79.6 Å². The van der Waals surface area contributed by atoms with E-state index in [-0.39, 0.29) is 69.8 Å². The highest BCUT2D eigenvalue weighted by Gasteiger charge is 2.53. The van der Waals surface area contributed by atoms with Crippen LogP contribution in [0.1, 0.15) is 171 Å². The molecule has 0 atom stereocenters. The first-order valence-corrected chi connectivity index (χ1v) is 40.4. The zero-order chi connectivity index (χ0) is 88.4. The number of nitrogens with zero attached hydrogens (tertiary/aromatic N) is 9. The average molecular weight is 1780 g/mol. The van der Waals surface area contributed by atoms with E-state index < -0.39 is 54.2 Å². The number of carboxylic acid groups (broad SMARTS) is 1. The topological polar surface area (TPSA) is 295 Å². The van der Waals surface area contributed by atoms with Gasteiger partial charge in [0.1, 0.15) is 51.5 Å². The monoisotopic (exact) mass is 1780 g/mol. The van der Waals surface area contributed by atoms with Gasteiger partial charge in [0.25, 0.3) is 0 Å². The summed E-state index contributed by atoms with van der Waals surface area (Å²) >= 11 is 3.39. The average Bonchev–Trinajstić information content (AvgIpc) is 1.61. The van der Waals surface area contributed by atoms with Gasteiger partial charge >= 0.3 is 44.1 Å². The summed E-state index contributed by atoms with van der Waals surface area (Å²) in [5.74, 6) is -2.47. The maximum absolute atomic E-state index is 13.5. The summed E-state index contributed by atoms with van der Waals surface area (Å²) in [6.07, 6.45) is 2.08. The van der Waals surface area contributed by atoms with Crippen LogP contribution in [0.25, 0.3) is 88.7 Å². The van der Waals surface area contributed by atoms with Crippen LogP contribution in [0.15, 0.2) is 128 Å². The van der Waals surface area contributed by atoms with Crippen molar-refractivity contribution in [2.24, 2.45) is 0 Å². The molecule has 4 aliphatic heterocycles. The predicted molar refractivity (Wildman–Crippen MR) is 436 cm³/mol. The van der Waals surface area contributed by atoms with Crippen molar-refractivity contribution in [1.29, 1.82) is 0 Å². The van der Waals surface area contributed by atoms with Crippen LogP contribution in [0.2, 0.25) is 0 Å². The summed E-state index contributed by atoms with van der Waals surface area (Å²) in [5, 5.41) is 23.5. The van der Waals surface area contributed by atoms with E-state index >= 15 is 0 Å². The fourth-order valence-electron chi connectivity index (χ4n) is 15.5. The van der Waals surface area contributed by atoms with Crippen molar-refractivity contribution >= 4 is 79.5 Å². The lowest BCUT2D eigenvalue weighted by Gasteiger charge is -2.32. The highest BCUT2D eigenvalue weighted by Crippen LogP contribution is 2.48. The maximum atomic E-state index is 13.5. The van der Waals surface area contributed by atoms with Crippen LogP contribution in [-0.4, -0.2) is 158 Å². The lowest BCUT2D eigenvalue weighted by Crippen LogP contribution is -2.41. The third-order valence-electron chi connectivity index (χ3n) is 22.2. The van der Waals surface area contributed by atoms with Crippen molar-refractivity contribution < 1.29 is 120 Å². The van der Waals surface area contributed by atoms with E-state index in [2.05, 4.69) is 55.3 Å². The molecule has 4 aliphatic rings. The molecule has 0 radical (unpaired) electrons. The Morgan fingerprint density at radius 2 is 0.797 bits per heavy atom. The zero-order valence-electron chi connectivity index (χ0n) is 69.1. The van der Waals surface area contributed by atoms with Crippen LogP contribution in [0, 0.1) is 20.8 Å². The molecule has 0 unspecified atom stereocenters. The Kier molecular flexibility index (Phi) is 26.8. The molecule has 9 aromatic heterocycles. The van der Waals surface area contributed by atoms with Gasteiger partial charge in [-0.1, -0.05) is 36.2 Å². The van der Waals surface area contributed by atoms with Crippen molar-refractivity contribution in [2.75, 3.05) is 53.9 Å². The molecule has 13 heterocycles. The number of alkyl halides is 9. The van der Waals surface area contributed by atoms with Crippen molar-refractivity contribution in [2.45, 2.75) is 175 Å². The summed E-state index contributed by atoms with van der Waals surface area (Å²) in [6.45, 7) is 23.1. The molecule has 3 aromatic carbocycles. The summed E-state index contributed by atoms with van der Waals surface area (Å²) in [7, 11) is 1.94. The van der Waals surface area contributed by atoms with Gasteiger partial charge in [-0.3, -0.25) is 0 Å². The first kappa shape index (κ1) is 89.6. The molecule has 123 heavy (non-hydrogen) atoms. The van der Waals surface area contributed by atoms with Gasteiger partial charge in [-0.2, -0.15) is 0 Å². The van der Waals surface area contributed by atoms with Crippen LogP contribution >= 0.6 is 15.9 Å². The van der Waals surface area contributed by atoms with Gasteiger partial charge in [0.05, 0.1) is 59.2 Å². The van der Waals surface area contributed by atoms with Gasteiger partial charge in [0, 0.05) is 177 Å². The van der Waals surface area contributed by atoms with E-state index in [1.165, 1.54) is 36.4 Å². The first-order chi connectivity index (χ1) is 58.4. The lowest BCUT2D eigenvalue weighted by molar-refractivity contribution is -0.275. The van der Waals surface area contributed by atoms with Gasteiger partial charge in [-0.15, -0.1) is 39.5 Å². The second-order valence-corrected chi connectivity index (χ2v) is 31.4. The number of methoxy groups -OCH3 is 2. The number of aryl methyl sites for hydroxylation is 6. The van der Waals surface area contributed by atoms with E-state index in [0.29, 0.717) is 118 Å². The number of halogens is 10. The summed E-state index contributed by atoms with van der Waals surface area (Å²) < 4.78 is 193. The Balaban J connectivity index is 0.000000146. The molecule has 26 nitrogen and oxygen atoms in total. The lowest BCUT2D eigenvalue weighted by atomic mass is 9.77. The number of aromatic carboxylic acids is 1. The number of aromatic nitrogens is 9. The minimum absolute atomic E-state index is 0.0390. The van der Waals surface area contributed by atoms with E-state index in [1.807, 2.05) is 81.2 Å². The van der Waals surface area contributed by atoms with Crippen LogP contribution in [0.5, 0.6) is 17.2 Å². The third kappa shape index (κ3) is 19.8. The standard InChI is InChI=1S/C27H26F3N3O5.C26H24F3N3O5.C21H18BrF3N2O4.C12H20BNO3/c1-4-22-24(15(2)38-32-22)17-11-20-21(14-33(25(20)31-13-17)18-7-9-36-10-8-18)19-6-5-16(26(34)35-3)12-23(19)37-27(28,29)30;1-3-21-23(14(2)37-31-21)16-10-19-20(13-32(24(19)30-12-16)17-6-8-35-9-7-17)18-5-4-15(25(33)34)11-22(18)36-26(27,28)29;1-29-20(28)12-2-3-15(18(8-12)31-21(23,24)25)17-11-27(14-4-6-30-7-5-14)19-16(17)9-13(22)10-26-19;1-7-9-10(8(2)15-14-9)13-16-11(3,4)12(5,6)17-13/h5-6,11-14,18H,4,7-10H2,1-3H3;4-5,10-13,17H,3,6-9H2,1-2H3,(H,33,34);2-3,8-11,14H,4-7H2,1H3;7H2,1-6H3. The van der Waals surface area contributed by atoms with Gasteiger partial charge in [-0.05, 0) is 195 Å². The number of carbonyl (C=O) groups is 3. The fraction of sp³-hybridized carbons (Fsp3) is 0.407. The second-order valence-electron chi connectivity index (χ2n) is 30.5. The summed E-state index contributed by atoms with van der Waals surface area (Å²) in [4.78, 5) is 49.4. The highest BCUT2D eigenvalue weighted by atomic mass is 79.9. The fourth-order valence-corrected chi connectivity index (χ4v) is 15.8. The summed E-state index contributed by atoms with van der Waals surface area (Å²) in [5.41, 5.74) is 9.14. The number of hydrogen-bond acceptors (Lipinski definition) is 22. The zero-order valence-corrected chi connectivity index (χ0v) is 70.7. The smallest absolute Gasteiger partial charge is 0.478 e. The predicted octanol–water partition coefficient (Wildman–Crippen LogP) is 19.8. The van der Waals surface area contributed by atoms with E-state index in [0.717, 1.165) is 128 Å². The molecule has 0 saturated carbocycles. The molecule has 0 bridgehead atoms. The SMILES string of the molecule is CCc1noc(C)c1-c1cnc2c(c1)c(-c1ccc(C(=O)O)cc1OC(F)(F)F)cn2C1CCOCC1.CCc1noc(C)c1-c1cnc2c(c1)c(-c1ccc(C(=O)OC)cc1OC(F)(F)F)cn2C1CCOCC1.CCc1noc(C)c1B1OC(C)(C)C(C)(C)O1.COC(=O)c1ccc(-c2cn(C3CCOCC3)c3ncc(Br)cc23)c(OC(F)(F)F)c1. The highest BCUT2D eigenvalue weighted by molar-refractivity contribution is 9.10. The normalized spacial score (nSPS) is 15.9. The van der Waals surface area contributed by atoms with Crippen molar-refractivity contribution in [3.8, 4) is 72.9 Å². The largest absolute Gasteiger partial charge is 0.573 e. The van der Waals surface area contributed by atoms with Gasteiger partial charge in [0.15, 0.2) is 0 Å². The Morgan fingerprint density at radius 1 is 0.472 bits per heavy atom. The van der Waals surface area contributed by atoms with E-state index in [1.54, 1.807) is 57.1 Å². The van der Waals surface area contributed by atoms with Crippen molar-refractivity contribution in [3.63, 3.8) is 0 Å². The third-order valence-corrected chi connectivity index (χ3v) is 22.7. The Bertz CT molecular complexity index is 5840. The molecule has 0 aliphatic carbocycles. The van der Waals surface area contributed by atoms with Crippen LogP contribution in [0.3, 0.4) is 0 Å². The van der Waals surface area contributed by atoms with Crippen LogP contribution in [-0.2, 0) is 52.3 Å². The van der Waals surface area contributed by atoms with Crippen LogP contribution < -0.4 is 19.7 Å². The number of ether oxygens (including phenoxy) is 8. The number of benzene rings is 3. The van der Waals surface area contributed by atoms with Crippen molar-refractivity contribution in [3.05, 3.63) is 166 Å². The van der Waals surface area contributed by atoms with Crippen LogP contribution in [0.4, 0.5) is 39.5 Å². The number of fused-ring (bicyclic) bond motifs is 3. The molecule has 4 fully saturated rings. The molecule has 16 rings (SSSR count). The minimum Gasteiger partial charge on any atom is -0.478 e. The maximum Gasteiger partial charge on any atom is 0.573 e. The molecule has 4 saturated heterocycles. The van der Waals surface area contributed by atoms with E-state index in [9.17, 15) is 59.0 Å². The number of esters is 2. The molecule has 1 N–H and O–H groups in total. The number of carboxylic acids is 1. The number of rotatable bonds is 18. The molecule has 0 amide bonds. The molecule has 12 aromatic rings. The number of carbonyl (C=O) groups excluding carboxylic acids is 2. The van der Waals surface area contributed by atoms with Gasteiger partial charge in [-0.25, -0.2) is 29.3 Å². The number of hydrogen-bond donors (Lipinski definition) is 1. The minimum atomic E-state index is -5.01. The quantitative estimate of drug-likeness (QED) is 0.0474. The van der Waals surface area contributed by atoms with E-state index in [4.69, 9.17) is 51.8 Å². The Morgan fingerprint density at radius 3 is 1.14 bits per heavy atom.